The van der Waals surface area contributed by atoms with Crippen molar-refractivity contribution in [2.75, 3.05) is 6.61 Å². The number of ether oxygens (including phenoxy) is 1. The number of sulfone groups is 1. The molecule has 132 valence electrons. The fraction of sp³-hybridized carbons (Fsp3) is 0.412. The molecule has 7 heteroatoms. The van der Waals surface area contributed by atoms with Crippen molar-refractivity contribution in [1.29, 1.82) is 0 Å². The van der Waals surface area contributed by atoms with Gasteiger partial charge in [-0.3, -0.25) is 0 Å². The Kier molecular flexibility index (Phi) is 7.36. The van der Waals surface area contributed by atoms with Crippen LogP contribution in [-0.4, -0.2) is 21.2 Å². The van der Waals surface area contributed by atoms with Crippen molar-refractivity contribution in [3.05, 3.63) is 41.0 Å². The highest BCUT2D eigenvalue weighted by Gasteiger charge is 2.42. The predicted octanol–water partition coefficient (Wildman–Crippen LogP) is 4.46. The SMILES string of the molecule is CCCCC#C/C(=C(\OCC)C(F)(F)F)S(=O)(=O)c1ccccc1. The molecule has 0 aromatic heterocycles. The molecule has 1 aromatic rings. The normalized spacial score (nSPS) is 12.9. The number of rotatable bonds is 6. The largest absolute Gasteiger partial charge is 0.488 e. The van der Waals surface area contributed by atoms with Crippen LogP contribution in [-0.2, 0) is 14.6 Å². The smallest absolute Gasteiger partial charge is 0.451 e. The van der Waals surface area contributed by atoms with Crippen molar-refractivity contribution >= 4 is 9.84 Å². The van der Waals surface area contributed by atoms with Gasteiger partial charge in [0.15, 0.2) is 4.91 Å². The summed E-state index contributed by atoms with van der Waals surface area (Å²) >= 11 is 0. The van der Waals surface area contributed by atoms with Crippen LogP contribution in [0.2, 0.25) is 0 Å². The molecule has 0 aliphatic rings. The maximum atomic E-state index is 13.3. The van der Waals surface area contributed by atoms with Crippen LogP contribution < -0.4 is 0 Å². The zero-order chi connectivity index (χ0) is 18.2. The van der Waals surface area contributed by atoms with Gasteiger partial charge in [-0.2, -0.15) is 13.2 Å². The van der Waals surface area contributed by atoms with E-state index in [2.05, 4.69) is 16.6 Å². The third kappa shape index (κ3) is 5.31. The molecule has 1 rings (SSSR count). The monoisotopic (exact) mass is 360 g/mol. The second-order valence-corrected chi connectivity index (χ2v) is 6.70. The van der Waals surface area contributed by atoms with Crippen molar-refractivity contribution in [1.82, 2.24) is 0 Å². The first-order valence-electron chi connectivity index (χ1n) is 7.48. The lowest BCUT2D eigenvalue weighted by molar-refractivity contribution is -0.130. The highest BCUT2D eigenvalue weighted by atomic mass is 32.2. The van der Waals surface area contributed by atoms with E-state index in [1.165, 1.54) is 31.2 Å². The summed E-state index contributed by atoms with van der Waals surface area (Å²) in [7, 11) is -4.43. The van der Waals surface area contributed by atoms with E-state index in [0.29, 0.717) is 12.8 Å². The summed E-state index contributed by atoms with van der Waals surface area (Å²) < 4.78 is 69.6. The molecule has 0 saturated heterocycles. The maximum absolute atomic E-state index is 13.3. The molecule has 0 unspecified atom stereocenters. The van der Waals surface area contributed by atoms with Crippen LogP contribution in [0.3, 0.4) is 0 Å². The van der Waals surface area contributed by atoms with Crippen LogP contribution in [0.15, 0.2) is 45.9 Å². The second-order valence-electron chi connectivity index (χ2n) is 4.81. The summed E-state index contributed by atoms with van der Waals surface area (Å²) in [5, 5.41) is 0. The number of hydrogen-bond acceptors (Lipinski definition) is 3. The summed E-state index contributed by atoms with van der Waals surface area (Å²) in [6.45, 7) is 2.93. The molecule has 0 aliphatic heterocycles. The van der Waals surface area contributed by atoms with E-state index in [9.17, 15) is 21.6 Å². The Bertz CT molecular complexity index is 724. The first-order chi connectivity index (χ1) is 11.2. The molecular weight excluding hydrogens is 341 g/mol. The van der Waals surface area contributed by atoms with Crippen molar-refractivity contribution in [3.8, 4) is 11.8 Å². The number of alkyl halides is 3. The van der Waals surface area contributed by atoms with Gasteiger partial charge < -0.3 is 4.74 Å². The van der Waals surface area contributed by atoms with E-state index in [0.717, 1.165) is 6.42 Å². The van der Waals surface area contributed by atoms with Crippen LogP contribution in [0.4, 0.5) is 13.2 Å². The van der Waals surface area contributed by atoms with Crippen LogP contribution in [0.5, 0.6) is 0 Å². The predicted molar refractivity (Wildman–Crippen MR) is 85.6 cm³/mol. The molecule has 24 heavy (non-hydrogen) atoms. The molecule has 0 N–H and O–H groups in total. The quantitative estimate of drug-likeness (QED) is 0.427. The third-order valence-electron chi connectivity index (χ3n) is 2.93. The topological polar surface area (TPSA) is 43.4 Å². The Hall–Kier alpha value is -1.94. The molecule has 3 nitrogen and oxygen atoms in total. The number of hydrogen-bond donors (Lipinski definition) is 0. The minimum Gasteiger partial charge on any atom is -0.488 e. The first kappa shape index (κ1) is 20.1. The maximum Gasteiger partial charge on any atom is 0.451 e. The van der Waals surface area contributed by atoms with Gasteiger partial charge in [0.05, 0.1) is 11.5 Å². The Labute approximate surface area is 140 Å². The second kappa shape index (κ2) is 8.78. The molecule has 0 spiro atoms. The summed E-state index contributed by atoms with van der Waals surface area (Å²) in [4.78, 5) is -1.30. The lowest BCUT2D eigenvalue weighted by Crippen LogP contribution is -2.20. The average molecular weight is 360 g/mol. The molecule has 0 saturated carbocycles. The summed E-state index contributed by atoms with van der Waals surface area (Å²) in [6.07, 6.45) is -3.17. The molecule has 0 fully saturated rings. The van der Waals surface area contributed by atoms with Crippen molar-refractivity contribution < 1.29 is 26.3 Å². The molecule has 1 aromatic carbocycles. The molecule has 0 aliphatic carbocycles. The zero-order valence-corrected chi connectivity index (χ0v) is 14.3. The Morgan fingerprint density at radius 3 is 2.29 bits per heavy atom. The molecule has 0 bridgehead atoms. The van der Waals surface area contributed by atoms with Crippen LogP contribution in [0.1, 0.15) is 33.1 Å². The highest BCUT2D eigenvalue weighted by molar-refractivity contribution is 7.95. The minimum atomic E-state index is -4.95. The molecule has 0 heterocycles. The van der Waals surface area contributed by atoms with Gasteiger partial charge in [-0.25, -0.2) is 8.42 Å². The molecule has 0 amide bonds. The van der Waals surface area contributed by atoms with Crippen LogP contribution in [0.25, 0.3) is 0 Å². The Morgan fingerprint density at radius 1 is 1.17 bits per heavy atom. The van der Waals surface area contributed by atoms with Gasteiger partial charge in [-0.15, -0.1) is 0 Å². The standard InChI is InChI=1S/C17H19F3O3S/c1-3-5-6-10-13-15(16(23-4-2)17(18,19)20)24(21,22)14-11-8-7-9-12-14/h7-9,11-12H,3-6H2,1-2H3/b16-15+. The third-order valence-corrected chi connectivity index (χ3v) is 4.65. The Balaban J connectivity index is 3.55. The fourth-order valence-electron chi connectivity index (χ4n) is 1.79. The average Bonchev–Trinajstić information content (AvgIpc) is 2.53. The lowest BCUT2D eigenvalue weighted by Gasteiger charge is -2.15. The number of benzene rings is 1. The van der Waals surface area contributed by atoms with E-state index in [4.69, 9.17) is 0 Å². The lowest BCUT2D eigenvalue weighted by atomic mass is 10.2. The van der Waals surface area contributed by atoms with Crippen molar-refractivity contribution in [3.63, 3.8) is 0 Å². The number of unbranched alkanes of at least 4 members (excludes halogenated alkanes) is 2. The van der Waals surface area contributed by atoms with Gasteiger partial charge in [-0.05, 0) is 25.5 Å². The van der Waals surface area contributed by atoms with Gasteiger partial charge in [0.2, 0.25) is 15.6 Å². The summed E-state index contributed by atoms with van der Waals surface area (Å²) in [5.41, 5.74) is 0. The summed E-state index contributed by atoms with van der Waals surface area (Å²) in [5.74, 6) is 3.12. The summed E-state index contributed by atoms with van der Waals surface area (Å²) in [6, 6.07) is 6.89. The Morgan fingerprint density at radius 2 is 1.79 bits per heavy atom. The zero-order valence-electron chi connectivity index (χ0n) is 13.5. The molecule has 0 radical (unpaired) electrons. The van der Waals surface area contributed by atoms with E-state index in [1.807, 2.05) is 6.92 Å². The van der Waals surface area contributed by atoms with Crippen molar-refractivity contribution in [2.45, 2.75) is 44.2 Å². The minimum absolute atomic E-state index is 0.258. The van der Waals surface area contributed by atoms with E-state index in [1.54, 1.807) is 6.07 Å². The highest BCUT2D eigenvalue weighted by Crippen LogP contribution is 2.33. The fourth-order valence-corrected chi connectivity index (χ4v) is 3.17. The van der Waals surface area contributed by atoms with Gasteiger partial charge in [-0.1, -0.05) is 43.4 Å². The first-order valence-corrected chi connectivity index (χ1v) is 8.96. The van der Waals surface area contributed by atoms with Gasteiger partial charge in [0.1, 0.15) is 0 Å². The van der Waals surface area contributed by atoms with Gasteiger partial charge >= 0.3 is 6.18 Å². The van der Waals surface area contributed by atoms with Gasteiger partial charge in [0.25, 0.3) is 0 Å². The van der Waals surface area contributed by atoms with Crippen LogP contribution in [0, 0.1) is 11.8 Å². The van der Waals surface area contributed by atoms with Gasteiger partial charge in [0, 0.05) is 6.42 Å². The number of allylic oxidation sites excluding steroid dienone is 2. The van der Waals surface area contributed by atoms with Crippen molar-refractivity contribution in [2.24, 2.45) is 0 Å². The van der Waals surface area contributed by atoms with E-state index in [-0.39, 0.29) is 11.5 Å². The molecule has 0 atom stereocenters. The van der Waals surface area contributed by atoms with E-state index < -0.39 is 26.7 Å². The molecular formula is C17H19F3O3S. The van der Waals surface area contributed by atoms with Crippen LogP contribution >= 0.6 is 0 Å². The number of halogens is 3. The van der Waals surface area contributed by atoms with E-state index >= 15 is 0 Å².